The van der Waals surface area contributed by atoms with Gasteiger partial charge in [0.2, 0.25) is 0 Å². The second-order valence-corrected chi connectivity index (χ2v) is 4.13. The third-order valence-corrected chi connectivity index (χ3v) is 3.16. The maximum absolute atomic E-state index is 5.80. The van der Waals surface area contributed by atoms with Crippen LogP contribution in [0, 0.1) is 5.92 Å². The van der Waals surface area contributed by atoms with Crippen molar-refractivity contribution in [3.05, 3.63) is 0 Å². The Hall–Kier alpha value is -0.120. The van der Waals surface area contributed by atoms with Crippen LogP contribution in [0.25, 0.3) is 0 Å². The maximum Gasteiger partial charge on any atom is 0.0589 e. The molecule has 0 radical (unpaired) electrons. The Labute approximate surface area is 82.2 Å². The predicted molar refractivity (Wildman–Crippen MR) is 56.8 cm³/mol. The molecule has 0 bridgehead atoms. The number of ether oxygens (including phenoxy) is 1. The van der Waals surface area contributed by atoms with Gasteiger partial charge in [0.05, 0.1) is 6.61 Å². The van der Waals surface area contributed by atoms with E-state index in [4.69, 9.17) is 10.5 Å². The molecule has 3 heteroatoms. The minimum absolute atomic E-state index is 0.0819. The van der Waals surface area contributed by atoms with Crippen LogP contribution in [0.2, 0.25) is 0 Å². The van der Waals surface area contributed by atoms with Crippen molar-refractivity contribution in [3.8, 4) is 0 Å². The Bertz CT molecular complexity index is 139. The SMILES string of the molecule is COCCN(C)C(C)(CN)C(C)C. The summed E-state index contributed by atoms with van der Waals surface area (Å²) in [6.45, 7) is 8.99. The minimum Gasteiger partial charge on any atom is -0.383 e. The summed E-state index contributed by atoms with van der Waals surface area (Å²) in [7, 11) is 3.83. The number of likely N-dealkylation sites (N-methyl/N-ethyl adjacent to an activating group) is 1. The molecule has 0 aromatic heterocycles. The molecule has 0 amide bonds. The molecule has 0 aromatic carbocycles. The molecule has 0 aliphatic rings. The molecule has 0 heterocycles. The van der Waals surface area contributed by atoms with Gasteiger partial charge in [-0.05, 0) is 19.9 Å². The molecule has 0 saturated carbocycles. The monoisotopic (exact) mass is 188 g/mol. The van der Waals surface area contributed by atoms with Gasteiger partial charge in [-0.25, -0.2) is 0 Å². The average Bonchev–Trinajstić information content (AvgIpc) is 2.12. The van der Waals surface area contributed by atoms with Crippen molar-refractivity contribution in [1.82, 2.24) is 4.90 Å². The van der Waals surface area contributed by atoms with Crippen LogP contribution in [0.1, 0.15) is 20.8 Å². The smallest absolute Gasteiger partial charge is 0.0589 e. The topological polar surface area (TPSA) is 38.5 Å². The Morgan fingerprint density at radius 2 is 2.00 bits per heavy atom. The highest BCUT2D eigenvalue weighted by Crippen LogP contribution is 2.21. The van der Waals surface area contributed by atoms with E-state index in [-0.39, 0.29) is 5.54 Å². The van der Waals surface area contributed by atoms with E-state index in [1.807, 2.05) is 0 Å². The van der Waals surface area contributed by atoms with Gasteiger partial charge in [0.25, 0.3) is 0 Å². The fourth-order valence-electron chi connectivity index (χ4n) is 1.32. The number of nitrogens with two attached hydrogens (primary N) is 1. The number of hydrogen-bond acceptors (Lipinski definition) is 3. The van der Waals surface area contributed by atoms with Gasteiger partial charge in [-0.3, -0.25) is 4.90 Å². The van der Waals surface area contributed by atoms with E-state index in [2.05, 4.69) is 32.7 Å². The number of rotatable bonds is 6. The van der Waals surface area contributed by atoms with Gasteiger partial charge in [0.1, 0.15) is 0 Å². The molecule has 0 aliphatic heterocycles. The maximum atomic E-state index is 5.80. The molecule has 0 spiro atoms. The quantitative estimate of drug-likeness (QED) is 0.674. The molecule has 13 heavy (non-hydrogen) atoms. The van der Waals surface area contributed by atoms with Crippen LogP contribution in [0.15, 0.2) is 0 Å². The molecule has 0 aliphatic carbocycles. The molecule has 80 valence electrons. The normalized spacial score (nSPS) is 16.6. The summed E-state index contributed by atoms with van der Waals surface area (Å²) in [6, 6.07) is 0. The molecule has 1 unspecified atom stereocenters. The molecule has 1 atom stereocenters. The summed E-state index contributed by atoms with van der Waals surface area (Å²) in [6.07, 6.45) is 0. The number of methoxy groups -OCH3 is 1. The van der Waals surface area contributed by atoms with Crippen LogP contribution in [-0.2, 0) is 4.74 Å². The third-order valence-electron chi connectivity index (χ3n) is 3.16. The van der Waals surface area contributed by atoms with E-state index in [0.717, 1.165) is 13.2 Å². The van der Waals surface area contributed by atoms with Crippen molar-refractivity contribution in [2.75, 3.05) is 33.9 Å². The molecular formula is C10H24N2O. The van der Waals surface area contributed by atoms with Crippen LogP contribution in [-0.4, -0.2) is 44.3 Å². The van der Waals surface area contributed by atoms with E-state index in [0.29, 0.717) is 12.5 Å². The van der Waals surface area contributed by atoms with Crippen molar-refractivity contribution < 1.29 is 4.74 Å². The largest absolute Gasteiger partial charge is 0.383 e. The minimum atomic E-state index is 0.0819. The lowest BCUT2D eigenvalue weighted by Crippen LogP contribution is -2.54. The lowest BCUT2D eigenvalue weighted by Gasteiger charge is -2.41. The molecule has 3 nitrogen and oxygen atoms in total. The first-order valence-corrected chi connectivity index (χ1v) is 4.89. The molecule has 2 N–H and O–H groups in total. The van der Waals surface area contributed by atoms with Gasteiger partial charge in [0, 0.05) is 25.7 Å². The zero-order valence-electron chi connectivity index (χ0n) is 9.63. The summed E-state index contributed by atoms with van der Waals surface area (Å²) in [4.78, 5) is 2.28. The number of hydrogen-bond donors (Lipinski definition) is 1. The molecule has 0 fully saturated rings. The van der Waals surface area contributed by atoms with Crippen molar-refractivity contribution in [1.29, 1.82) is 0 Å². The first kappa shape index (κ1) is 12.9. The standard InChI is InChI=1S/C10H24N2O/c1-9(2)10(3,8-11)12(4)6-7-13-5/h9H,6-8,11H2,1-5H3. The molecular weight excluding hydrogens is 164 g/mol. The lowest BCUT2D eigenvalue weighted by atomic mass is 9.87. The molecule has 0 aromatic rings. The van der Waals surface area contributed by atoms with Crippen LogP contribution >= 0.6 is 0 Å². The van der Waals surface area contributed by atoms with E-state index in [9.17, 15) is 0 Å². The van der Waals surface area contributed by atoms with Gasteiger partial charge in [-0.15, -0.1) is 0 Å². The van der Waals surface area contributed by atoms with Crippen molar-refractivity contribution >= 4 is 0 Å². The van der Waals surface area contributed by atoms with E-state index in [1.165, 1.54) is 0 Å². The highest BCUT2D eigenvalue weighted by molar-refractivity contribution is 4.88. The van der Waals surface area contributed by atoms with Crippen LogP contribution in [0.3, 0.4) is 0 Å². The van der Waals surface area contributed by atoms with Crippen LogP contribution in [0.4, 0.5) is 0 Å². The summed E-state index contributed by atoms with van der Waals surface area (Å²) >= 11 is 0. The zero-order chi connectivity index (χ0) is 10.5. The van der Waals surface area contributed by atoms with E-state index < -0.39 is 0 Å². The number of nitrogens with zero attached hydrogens (tertiary/aromatic N) is 1. The van der Waals surface area contributed by atoms with E-state index >= 15 is 0 Å². The first-order valence-electron chi connectivity index (χ1n) is 4.89. The van der Waals surface area contributed by atoms with Crippen molar-refractivity contribution in [2.24, 2.45) is 11.7 Å². The fraction of sp³-hybridized carbons (Fsp3) is 1.00. The Morgan fingerprint density at radius 3 is 2.31 bits per heavy atom. The summed E-state index contributed by atoms with van der Waals surface area (Å²) in [5.74, 6) is 0.555. The zero-order valence-corrected chi connectivity index (χ0v) is 9.63. The highest BCUT2D eigenvalue weighted by Gasteiger charge is 2.30. The summed E-state index contributed by atoms with van der Waals surface area (Å²) < 4.78 is 5.05. The van der Waals surface area contributed by atoms with Crippen molar-refractivity contribution in [3.63, 3.8) is 0 Å². The Morgan fingerprint density at radius 1 is 1.46 bits per heavy atom. The third kappa shape index (κ3) is 3.25. The Balaban J connectivity index is 4.20. The van der Waals surface area contributed by atoms with Gasteiger partial charge < -0.3 is 10.5 Å². The second kappa shape index (κ2) is 5.58. The van der Waals surface area contributed by atoms with Gasteiger partial charge in [-0.2, -0.15) is 0 Å². The van der Waals surface area contributed by atoms with E-state index in [1.54, 1.807) is 7.11 Å². The molecule has 0 saturated heterocycles. The van der Waals surface area contributed by atoms with Gasteiger partial charge in [0.15, 0.2) is 0 Å². The Kier molecular flexibility index (Phi) is 5.53. The van der Waals surface area contributed by atoms with Crippen LogP contribution in [0.5, 0.6) is 0 Å². The molecule has 0 rings (SSSR count). The van der Waals surface area contributed by atoms with Gasteiger partial charge >= 0.3 is 0 Å². The van der Waals surface area contributed by atoms with Crippen molar-refractivity contribution in [2.45, 2.75) is 26.3 Å². The summed E-state index contributed by atoms with van der Waals surface area (Å²) in [5, 5.41) is 0. The van der Waals surface area contributed by atoms with Crippen LogP contribution < -0.4 is 5.73 Å². The lowest BCUT2D eigenvalue weighted by molar-refractivity contribution is 0.0635. The predicted octanol–water partition coefficient (Wildman–Crippen LogP) is 0.938. The van der Waals surface area contributed by atoms with Gasteiger partial charge in [-0.1, -0.05) is 13.8 Å². The first-order chi connectivity index (χ1) is 5.99. The second-order valence-electron chi connectivity index (χ2n) is 4.13. The fourth-order valence-corrected chi connectivity index (χ4v) is 1.32. The summed E-state index contributed by atoms with van der Waals surface area (Å²) in [5.41, 5.74) is 5.88. The average molecular weight is 188 g/mol. The highest BCUT2D eigenvalue weighted by atomic mass is 16.5.